The van der Waals surface area contributed by atoms with Crippen molar-refractivity contribution in [1.29, 1.82) is 0 Å². The molecule has 0 radical (unpaired) electrons. The number of hydrogen-bond donors (Lipinski definition) is 2. The fraction of sp³-hybridized carbons (Fsp3) is 0.462. The summed E-state index contributed by atoms with van der Waals surface area (Å²) in [5.74, 6) is 1.40. The molecule has 2 aliphatic rings. The van der Waals surface area contributed by atoms with Gasteiger partial charge in [-0.3, -0.25) is 0 Å². The van der Waals surface area contributed by atoms with Crippen LogP contribution in [0.1, 0.15) is 55.0 Å². The van der Waals surface area contributed by atoms with Crippen LogP contribution < -0.4 is 25.4 Å². The van der Waals surface area contributed by atoms with Crippen molar-refractivity contribution in [3.63, 3.8) is 0 Å². The van der Waals surface area contributed by atoms with Crippen molar-refractivity contribution in [2.75, 3.05) is 32.2 Å². The molecule has 34 heavy (non-hydrogen) atoms. The lowest BCUT2D eigenvalue weighted by Crippen LogP contribution is -2.31. The zero-order valence-corrected chi connectivity index (χ0v) is 19.7. The molecule has 1 heterocycles. The van der Waals surface area contributed by atoms with E-state index in [1.54, 1.807) is 26.4 Å². The minimum Gasteiger partial charge on any atom is -0.497 e. The van der Waals surface area contributed by atoms with Crippen LogP contribution >= 0.6 is 0 Å². The second-order valence-corrected chi connectivity index (χ2v) is 8.92. The van der Waals surface area contributed by atoms with Gasteiger partial charge in [0, 0.05) is 36.1 Å². The Kier molecular flexibility index (Phi) is 7.26. The highest BCUT2D eigenvalue weighted by molar-refractivity contribution is 5.53. The number of nitrogens with two attached hydrogens (primary N) is 1. The molecule has 0 saturated carbocycles. The van der Waals surface area contributed by atoms with Gasteiger partial charge in [-0.15, -0.1) is 0 Å². The van der Waals surface area contributed by atoms with E-state index in [4.69, 9.17) is 15.2 Å². The van der Waals surface area contributed by atoms with E-state index in [-0.39, 0.29) is 5.56 Å². The fourth-order valence-electron chi connectivity index (χ4n) is 4.89. The van der Waals surface area contributed by atoms with Crippen molar-refractivity contribution in [3.05, 3.63) is 64.4 Å². The predicted octanol–water partition coefficient (Wildman–Crippen LogP) is 5.55. The lowest BCUT2D eigenvalue weighted by atomic mass is 10.0. The number of rotatable bonds is 8. The molecule has 0 amide bonds. The van der Waals surface area contributed by atoms with Crippen LogP contribution in [0.4, 0.5) is 18.9 Å². The lowest BCUT2D eigenvalue weighted by Gasteiger charge is -2.25. The number of ether oxygens (including phenoxy) is 2. The van der Waals surface area contributed by atoms with Gasteiger partial charge in [0.25, 0.3) is 0 Å². The number of halogens is 3. The molecule has 184 valence electrons. The maximum absolute atomic E-state index is 13.8. The van der Waals surface area contributed by atoms with Crippen LogP contribution in [-0.4, -0.2) is 27.3 Å². The Bertz CT molecular complexity index is 1020. The van der Waals surface area contributed by atoms with Crippen LogP contribution in [0.3, 0.4) is 0 Å². The molecule has 5 nitrogen and oxygen atoms in total. The molecule has 1 fully saturated rings. The van der Waals surface area contributed by atoms with Gasteiger partial charge in [-0.2, -0.15) is 13.2 Å². The van der Waals surface area contributed by atoms with E-state index in [1.807, 2.05) is 18.2 Å². The number of anilines is 1. The largest absolute Gasteiger partial charge is 0.497 e. The molecule has 8 heteroatoms. The molecular formula is C26H32F3N3O2. The topological polar surface area (TPSA) is 59.8 Å². The van der Waals surface area contributed by atoms with E-state index in [1.165, 1.54) is 0 Å². The first-order valence-corrected chi connectivity index (χ1v) is 11.7. The summed E-state index contributed by atoms with van der Waals surface area (Å²) in [6, 6.07) is 10.0. The lowest BCUT2D eigenvalue weighted by molar-refractivity contribution is -0.138. The Morgan fingerprint density at radius 1 is 0.971 bits per heavy atom. The summed E-state index contributed by atoms with van der Waals surface area (Å²) >= 11 is 0. The summed E-state index contributed by atoms with van der Waals surface area (Å²) in [7, 11) is 3.21. The van der Waals surface area contributed by atoms with Crippen molar-refractivity contribution in [3.8, 4) is 11.5 Å². The average Bonchev–Trinajstić information content (AvgIpc) is 3.50. The van der Waals surface area contributed by atoms with E-state index in [0.29, 0.717) is 17.9 Å². The normalized spacial score (nSPS) is 17.3. The molecule has 0 bridgehead atoms. The highest BCUT2D eigenvalue weighted by Gasteiger charge is 2.35. The molecule has 0 spiro atoms. The smallest absolute Gasteiger partial charge is 0.416 e. The zero-order valence-electron chi connectivity index (χ0n) is 19.7. The summed E-state index contributed by atoms with van der Waals surface area (Å²) in [6.07, 6.45) is -0.109. The van der Waals surface area contributed by atoms with Crippen LogP contribution in [0.2, 0.25) is 0 Å². The van der Waals surface area contributed by atoms with E-state index >= 15 is 0 Å². The fourth-order valence-corrected chi connectivity index (χ4v) is 4.89. The molecular weight excluding hydrogens is 443 g/mol. The molecule has 1 aliphatic heterocycles. The number of hydrogen-bond acceptors (Lipinski definition) is 5. The maximum atomic E-state index is 13.8. The van der Waals surface area contributed by atoms with E-state index in [9.17, 15) is 13.2 Å². The standard InChI is InChI=1S/C26H32F3N3O2/c1-33-20-13-17(14-21(16-20)34-2)12-18-6-5-7-24(18)31-25(30)22-15-19(32-10-3-4-11-32)8-9-23(22)26(27,28)29/h8-9,13-16,25,31H,3-7,10-12,30H2,1-2H3. The molecule has 1 unspecified atom stereocenters. The van der Waals surface area contributed by atoms with Crippen molar-refractivity contribution < 1.29 is 22.6 Å². The van der Waals surface area contributed by atoms with Crippen LogP contribution in [0, 0.1) is 0 Å². The summed E-state index contributed by atoms with van der Waals surface area (Å²) in [5.41, 5.74) is 9.67. The monoisotopic (exact) mass is 475 g/mol. The number of alkyl halides is 3. The van der Waals surface area contributed by atoms with Gasteiger partial charge in [-0.1, -0.05) is 0 Å². The van der Waals surface area contributed by atoms with Gasteiger partial charge < -0.3 is 25.4 Å². The van der Waals surface area contributed by atoms with Gasteiger partial charge in [-0.05, 0) is 80.0 Å². The zero-order chi connectivity index (χ0) is 24.3. The van der Waals surface area contributed by atoms with Gasteiger partial charge in [0.2, 0.25) is 0 Å². The van der Waals surface area contributed by atoms with Crippen LogP contribution in [-0.2, 0) is 12.6 Å². The molecule has 1 atom stereocenters. The summed E-state index contributed by atoms with van der Waals surface area (Å²) in [5, 5.41) is 3.23. The highest BCUT2D eigenvalue weighted by Crippen LogP contribution is 2.38. The molecule has 1 saturated heterocycles. The molecule has 1 aliphatic carbocycles. The van der Waals surface area contributed by atoms with Crippen molar-refractivity contribution in [1.82, 2.24) is 5.32 Å². The van der Waals surface area contributed by atoms with E-state index < -0.39 is 17.9 Å². The third-order valence-electron chi connectivity index (χ3n) is 6.64. The van der Waals surface area contributed by atoms with Gasteiger partial charge in [0.1, 0.15) is 17.7 Å². The second-order valence-electron chi connectivity index (χ2n) is 8.92. The third kappa shape index (κ3) is 5.43. The van der Waals surface area contributed by atoms with Crippen molar-refractivity contribution >= 4 is 5.69 Å². The third-order valence-corrected chi connectivity index (χ3v) is 6.64. The predicted molar refractivity (Wildman–Crippen MR) is 127 cm³/mol. The molecule has 2 aromatic carbocycles. The quantitative estimate of drug-likeness (QED) is 0.490. The van der Waals surface area contributed by atoms with Crippen molar-refractivity contribution in [2.24, 2.45) is 5.73 Å². The summed E-state index contributed by atoms with van der Waals surface area (Å²) < 4.78 is 52.2. The minimum absolute atomic E-state index is 0.0821. The van der Waals surface area contributed by atoms with Crippen molar-refractivity contribution in [2.45, 2.75) is 50.9 Å². The van der Waals surface area contributed by atoms with Crippen LogP contribution in [0.5, 0.6) is 11.5 Å². The molecule has 3 N–H and O–H groups in total. The van der Waals surface area contributed by atoms with E-state index in [0.717, 1.165) is 73.8 Å². The first-order valence-electron chi connectivity index (χ1n) is 11.7. The first kappa shape index (κ1) is 24.3. The SMILES string of the molecule is COc1cc(CC2=C(NC(N)c3cc(N4CCCC4)ccc3C(F)(F)F)CCC2)cc(OC)c1. The summed E-state index contributed by atoms with van der Waals surface area (Å²) in [4.78, 5) is 2.12. The number of nitrogens with one attached hydrogen (secondary N) is 1. The highest BCUT2D eigenvalue weighted by atomic mass is 19.4. The minimum atomic E-state index is -4.47. The van der Waals surface area contributed by atoms with Crippen LogP contribution in [0.25, 0.3) is 0 Å². The number of benzene rings is 2. The van der Waals surface area contributed by atoms with Gasteiger partial charge >= 0.3 is 6.18 Å². The Balaban J connectivity index is 1.60. The van der Waals surface area contributed by atoms with Gasteiger partial charge in [0.15, 0.2) is 0 Å². The maximum Gasteiger partial charge on any atom is 0.416 e. The molecule has 2 aromatic rings. The summed E-state index contributed by atoms with van der Waals surface area (Å²) in [6.45, 7) is 1.71. The number of methoxy groups -OCH3 is 2. The Morgan fingerprint density at radius 2 is 1.65 bits per heavy atom. The van der Waals surface area contributed by atoms with Crippen LogP contribution in [0.15, 0.2) is 47.7 Å². The number of allylic oxidation sites excluding steroid dienone is 2. The Hall–Kier alpha value is -2.87. The second kappa shape index (κ2) is 10.2. The molecule has 4 rings (SSSR count). The Labute approximate surface area is 198 Å². The average molecular weight is 476 g/mol. The number of nitrogens with zero attached hydrogens (tertiary/aromatic N) is 1. The van der Waals surface area contributed by atoms with Gasteiger partial charge in [-0.25, -0.2) is 0 Å². The van der Waals surface area contributed by atoms with E-state index in [2.05, 4.69) is 10.2 Å². The Morgan fingerprint density at radius 3 is 2.26 bits per heavy atom. The molecule has 0 aromatic heterocycles. The van der Waals surface area contributed by atoms with Gasteiger partial charge in [0.05, 0.1) is 19.8 Å². The first-order chi connectivity index (χ1) is 16.3.